The fraction of sp³-hybridized carbons (Fsp3) is 0.278. The van der Waals surface area contributed by atoms with Gasteiger partial charge in [-0.05, 0) is 28.7 Å². The van der Waals surface area contributed by atoms with Gasteiger partial charge in [-0.3, -0.25) is 4.79 Å². The first-order chi connectivity index (χ1) is 10.1. The summed E-state index contributed by atoms with van der Waals surface area (Å²) in [5.41, 5.74) is 4.46. The van der Waals surface area contributed by atoms with E-state index in [9.17, 15) is 9.90 Å². The number of benzene rings is 2. The van der Waals surface area contributed by atoms with Crippen molar-refractivity contribution in [3.8, 4) is 11.1 Å². The van der Waals surface area contributed by atoms with Crippen LogP contribution in [-0.4, -0.2) is 22.1 Å². The Hall–Kier alpha value is -2.13. The molecule has 1 unspecified atom stereocenters. The molecule has 0 bridgehead atoms. The lowest BCUT2D eigenvalue weighted by atomic mass is 10.0. The Bertz CT molecular complexity index is 635. The number of hydrogen-bond donors (Lipinski definition) is 1. The minimum absolute atomic E-state index is 0.110. The van der Waals surface area contributed by atoms with Crippen LogP contribution in [0.2, 0.25) is 0 Å². The summed E-state index contributed by atoms with van der Waals surface area (Å²) in [6, 6.07) is 16.0. The van der Waals surface area contributed by atoms with Crippen molar-refractivity contribution in [2.75, 3.05) is 0 Å². The van der Waals surface area contributed by atoms with Gasteiger partial charge in [-0.2, -0.15) is 0 Å². The van der Waals surface area contributed by atoms with E-state index in [1.165, 1.54) is 6.92 Å². The molecule has 1 aliphatic rings. The summed E-state index contributed by atoms with van der Waals surface area (Å²) >= 11 is 0. The van der Waals surface area contributed by atoms with Crippen LogP contribution in [0.4, 0.5) is 0 Å². The van der Waals surface area contributed by atoms with Crippen molar-refractivity contribution in [1.29, 1.82) is 0 Å². The Labute approximate surface area is 124 Å². The van der Waals surface area contributed by atoms with Gasteiger partial charge < -0.3 is 10.0 Å². The third-order valence-electron chi connectivity index (χ3n) is 4.13. The van der Waals surface area contributed by atoms with Gasteiger partial charge in [0.1, 0.15) is 6.23 Å². The SMILES string of the molecule is CCC(O)N(C(C)=O)C1c2ccccc2-c2ccccc21. The third-order valence-corrected chi connectivity index (χ3v) is 4.13. The van der Waals surface area contributed by atoms with Crippen LogP contribution in [0.1, 0.15) is 37.4 Å². The van der Waals surface area contributed by atoms with Gasteiger partial charge in [-0.15, -0.1) is 0 Å². The van der Waals surface area contributed by atoms with Crippen LogP contribution in [0.25, 0.3) is 11.1 Å². The number of hydrogen-bond acceptors (Lipinski definition) is 2. The molecule has 2 aromatic rings. The molecule has 1 N–H and O–H groups in total. The number of fused-ring (bicyclic) bond motifs is 3. The molecule has 3 rings (SSSR count). The molecule has 0 heterocycles. The lowest BCUT2D eigenvalue weighted by Crippen LogP contribution is -2.41. The van der Waals surface area contributed by atoms with Crippen molar-refractivity contribution in [2.45, 2.75) is 32.5 Å². The van der Waals surface area contributed by atoms with E-state index in [0.717, 1.165) is 22.3 Å². The summed E-state index contributed by atoms with van der Waals surface area (Å²) in [6.07, 6.45) is -0.257. The Balaban J connectivity index is 2.20. The highest BCUT2D eigenvalue weighted by Gasteiger charge is 2.36. The summed E-state index contributed by atoms with van der Waals surface area (Å²) in [4.78, 5) is 13.7. The monoisotopic (exact) mass is 281 g/mol. The second kappa shape index (κ2) is 5.34. The highest BCUT2D eigenvalue weighted by Crippen LogP contribution is 2.46. The Morgan fingerprint density at radius 2 is 1.57 bits per heavy atom. The molecule has 0 aromatic heterocycles. The highest BCUT2D eigenvalue weighted by atomic mass is 16.3. The predicted octanol–water partition coefficient (Wildman–Crippen LogP) is 3.33. The largest absolute Gasteiger partial charge is 0.374 e. The van der Waals surface area contributed by atoms with E-state index in [1.807, 2.05) is 43.3 Å². The van der Waals surface area contributed by atoms with E-state index in [4.69, 9.17) is 0 Å². The molecule has 2 aromatic carbocycles. The van der Waals surface area contributed by atoms with Gasteiger partial charge >= 0.3 is 0 Å². The second-order valence-corrected chi connectivity index (χ2v) is 5.39. The molecule has 3 nitrogen and oxygen atoms in total. The van der Waals surface area contributed by atoms with Gasteiger partial charge in [0.15, 0.2) is 0 Å². The lowest BCUT2D eigenvalue weighted by molar-refractivity contribution is -0.142. The molecule has 3 heteroatoms. The Morgan fingerprint density at radius 1 is 1.10 bits per heavy atom. The molecule has 1 aliphatic carbocycles. The van der Waals surface area contributed by atoms with Crippen molar-refractivity contribution >= 4 is 5.91 Å². The van der Waals surface area contributed by atoms with Gasteiger partial charge in [0.2, 0.25) is 5.91 Å². The van der Waals surface area contributed by atoms with E-state index >= 15 is 0 Å². The average molecular weight is 281 g/mol. The first-order valence-electron chi connectivity index (χ1n) is 7.30. The molecule has 0 radical (unpaired) electrons. The normalized spacial score (nSPS) is 14.4. The number of nitrogens with zero attached hydrogens (tertiary/aromatic N) is 1. The summed E-state index contributed by atoms with van der Waals surface area (Å²) in [7, 11) is 0. The van der Waals surface area contributed by atoms with Crippen LogP contribution in [0.15, 0.2) is 48.5 Å². The standard InChI is InChI=1S/C18H19NO2/c1-3-17(21)19(12(2)20)18-15-10-6-4-8-13(15)14-9-5-7-11-16(14)18/h4-11,17-18,21H,3H2,1-2H3. The third kappa shape index (κ3) is 2.14. The lowest BCUT2D eigenvalue weighted by Gasteiger charge is -2.33. The quantitative estimate of drug-likeness (QED) is 0.877. The van der Waals surface area contributed by atoms with Crippen LogP contribution in [-0.2, 0) is 4.79 Å². The first-order valence-corrected chi connectivity index (χ1v) is 7.30. The maximum atomic E-state index is 12.1. The van der Waals surface area contributed by atoms with Crippen molar-refractivity contribution in [3.63, 3.8) is 0 Å². The van der Waals surface area contributed by atoms with Crippen LogP contribution >= 0.6 is 0 Å². The fourth-order valence-corrected chi connectivity index (χ4v) is 3.19. The van der Waals surface area contributed by atoms with E-state index in [0.29, 0.717) is 6.42 Å². The van der Waals surface area contributed by atoms with E-state index in [-0.39, 0.29) is 11.9 Å². The van der Waals surface area contributed by atoms with Gasteiger partial charge in [-0.1, -0.05) is 55.5 Å². The molecule has 0 fully saturated rings. The highest BCUT2D eigenvalue weighted by molar-refractivity contribution is 5.82. The molecule has 0 saturated carbocycles. The summed E-state index contributed by atoms with van der Waals surface area (Å²) in [5.74, 6) is -0.110. The number of amides is 1. The van der Waals surface area contributed by atoms with Gasteiger partial charge in [-0.25, -0.2) is 0 Å². The van der Waals surface area contributed by atoms with Crippen molar-refractivity contribution < 1.29 is 9.90 Å². The van der Waals surface area contributed by atoms with E-state index in [1.54, 1.807) is 4.90 Å². The molecular formula is C18H19NO2. The average Bonchev–Trinajstić information content (AvgIpc) is 2.82. The second-order valence-electron chi connectivity index (χ2n) is 5.39. The maximum absolute atomic E-state index is 12.1. The topological polar surface area (TPSA) is 40.5 Å². The smallest absolute Gasteiger partial charge is 0.222 e. The minimum atomic E-state index is -0.772. The number of rotatable bonds is 3. The number of carbonyl (C=O) groups excluding carboxylic acids is 1. The van der Waals surface area contributed by atoms with Crippen LogP contribution in [0.3, 0.4) is 0 Å². The fourth-order valence-electron chi connectivity index (χ4n) is 3.19. The molecule has 1 atom stereocenters. The minimum Gasteiger partial charge on any atom is -0.374 e. The Morgan fingerprint density at radius 3 is 2.00 bits per heavy atom. The van der Waals surface area contributed by atoms with E-state index in [2.05, 4.69) is 12.1 Å². The Kier molecular flexibility index (Phi) is 3.52. The molecule has 0 spiro atoms. The zero-order valence-electron chi connectivity index (χ0n) is 12.3. The van der Waals surface area contributed by atoms with Gasteiger partial charge in [0, 0.05) is 6.92 Å². The molecule has 0 aliphatic heterocycles. The summed E-state index contributed by atoms with van der Waals surface area (Å²) < 4.78 is 0. The van der Waals surface area contributed by atoms with Crippen molar-refractivity contribution in [1.82, 2.24) is 4.90 Å². The zero-order valence-corrected chi connectivity index (χ0v) is 12.3. The maximum Gasteiger partial charge on any atom is 0.222 e. The number of aliphatic hydroxyl groups is 1. The molecule has 21 heavy (non-hydrogen) atoms. The number of carbonyl (C=O) groups is 1. The van der Waals surface area contributed by atoms with Crippen molar-refractivity contribution in [3.05, 3.63) is 59.7 Å². The van der Waals surface area contributed by atoms with Gasteiger partial charge in [0.05, 0.1) is 6.04 Å². The van der Waals surface area contributed by atoms with Crippen molar-refractivity contribution in [2.24, 2.45) is 0 Å². The van der Waals surface area contributed by atoms with Crippen LogP contribution < -0.4 is 0 Å². The summed E-state index contributed by atoms with van der Waals surface area (Å²) in [5, 5.41) is 10.3. The predicted molar refractivity (Wildman–Crippen MR) is 82.5 cm³/mol. The zero-order chi connectivity index (χ0) is 15.0. The number of aliphatic hydroxyl groups excluding tert-OH is 1. The van der Waals surface area contributed by atoms with Gasteiger partial charge in [0.25, 0.3) is 0 Å². The van der Waals surface area contributed by atoms with E-state index < -0.39 is 6.23 Å². The summed E-state index contributed by atoms with van der Waals surface area (Å²) in [6.45, 7) is 3.40. The molecule has 0 saturated heterocycles. The first kappa shape index (κ1) is 13.8. The van der Waals surface area contributed by atoms with Crippen LogP contribution in [0, 0.1) is 0 Å². The molecular weight excluding hydrogens is 262 g/mol. The molecule has 1 amide bonds. The molecule has 108 valence electrons. The van der Waals surface area contributed by atoms with Crippen LogP contribution in [0.5, 0.6) is 0 Å².